The first-order valence-corrected chi connectivity index (χ1v) is 27.9. The summed E-state index contributed by atoms with van der Waals surface area (Å²) < 4.78 is 45.2. The molecular weight excluding hydrogens is 738 g/mol. The van der Waals surface area contributed by atoms with Crippen molar-refractivity contribution in [3.05, 3.63) is 0 Å². The molecule has 8 saturated heterocycles. The Hall–Kier alpha value is 0.540. The lowest BCUT2D eigenvalue weighted by molar-refractivity contribution is -0.260. The first kappa shape index (κ1) is 34.1. The summed E-state index contributed by atoms with van der Waals surface area (Å²) in [5.74, 6) is 1.42. The Labute approximate surface area is 336 Å². The SMILES string of the molecule is C1CCC2C(C1)OC1CCC3OC4CCCC5OC6CC7C(CC8OC9CCCC%10OC%11CCC%12OC%13CCCCC%13N%13C%12C%11P(C%109)C8C7%13)C7C6P(C45)C3C1N27. The van der Waals surface area contributed by atoms with Gasteiger partial charge in [-0.3, -0.25) is 9.80 Å². The molecule has 16 rings (SSSR count). The molecule has 0 bridgehead atoms. The Kier molecular flexibility index (Phi) is 7.40. The van der Waals surface area contributed by atoms with Gasteiger partial charge in [0.1, 0.15) is 0 Å². The van der Waals surface area contributed by atoms with Crippen molar-refractivity contribution in [2.24, 2.45) is 11.8 Å². The quantitative estimate of drug-likeness (QED) is 0.250. The molecule has 0 spiro atoms. The van der Waals surface area contributed by atoms with Gasteiger partial charge in [-0.25, -0.2) is 0 Å². The summed E-state index contributed by atoms with van der Waals surface area (Å²) in [4.78, 5) is 6.68. The molecule has 0 aromatic heterocycles. The molecular formula is C46H66N2O6P2. The van der Waals surface area contributed by atoms with Crippen LogP contribution in [-0.4, -0.2) is 153 Å². The molecule has 8 aliphatic heterocycles. The molecule has 16 fully saturated rings. The Morgan fingerprint density at radius 3 is 1.09 bits per heavy atom. The van der Waals surface area contributed by atoms with Crippen molar-refractivity contribution in [3.63, 3.8) is 0 Å². The predicted octanol–water partition coefficient (Wildman–Crippen LogP) is 6.75. The topological polar surface area (TPSA) is 61.9 Å². The number of nitrogens with zero attached hydrogens (tertiary/aromatic N) is 2. The van der Waals surface area contributed by atoms with Gasteiger partial charge >= 0.3 is 0 Å². The van der Waals surface area contributed by atoms with Gasteiger partial charge in [0.15, 0.2) is 0 Å². The van der Waals surface area contributed by atoms with Crippen LogP contribution in [0.15, 0.2) is 0 Å². The Morgan fingerprint density at radius 1 is 0.286 bits per heavy atom. The monoisotopic (exact) mass is 804 g/mol. The van der Waals surface area contributed by atoms with Crippen molar-refractivity contribution in [1.29, 1.82) is 0 Å². The number of hydrogen-bond acceptors (Lipinski definition) is 8. The van der Waals surface area contributed by atoms with Crippen LogP contribution >= 0.6 is 15.8 Å². The second-order valence-corrected chi connectivity index (χ2v) is 27.9. The maximum absolute atomic E-state index is 7.82. The second-order valence-electron chi connectivity index (χ2n) is 22.5. The average Bonchev–Trinajstić information content (AvgIpc) is 3.23. The van der Waals surface area contributed by atoms with Crippen LogP contribution in [0.5, 0.6) is 0 Å². The van der Waals surface area contributed by atoms with E-state index in [-0.39, 0.29) is 15.8 Å². The minimum absolute atomic E-state index is 0.206. The Morgan fingerprint density at radius 2 is 0.625 bits per heavy atom. The third-order valence-electron chi connectivity index (χ3n) is 20.7. The van der Waals surface area contributed by atoms with Crippen LogP contribution in [0.3, 0.4) is 0 Å². The standard InChI is InChI=1S/C46H66N2O6P2/c1-3-9-25-23(7-1)47-37-21-19-36-46-38(22(21)20-35-45(37)55-41-29(11-5-13-31(41)53-35)51-33-17-15-27(49-25)39(47)43(33)55)48-24-8-2-4-10-26(24)50-28-16-18-34-44(40(28)48)56(46)42-30(52-34)12-6-14-32(42)54-36/h21-46H,1-20H2. The highest BCUT2D eigenvalue weighted by Gasteiger charge is 2.76. The largest absolute Gasteiger partial charge is 0.374 e. The summed E-state index contributed by atoms with van der Waals surface area (Å²) in [6.07, 6.45) is 31.2. The summed E-state index contributed by atoms with van der Waals surface area (Å²) in [6, 6.07) is 3.60. The molecule has 0 N–H and O–H groups in total. The smallest absolute Gasteiger partial charge is 0.0743 e. The molecule has 0 aromatic rings. The van der Waals surface area contributed by atoms with Crippen molar-refractivity contribution in [3.8, 4) is 0 Å². The minimum Gasteiger partial charge on any atom is -0.374 e. The Balaban J connectivity index is 0.890. The van der Waals surface area contributed by atoms with Gasteiger partial charge in [-0.05, 0) is 115 Å². The van der Waals surface area contributed by atoms with Crippen LogP contribution in [0.4, 0.5) is 0 Å². The number of hydrogen-bond donors (Lipinski definition) is 0. The van der Waals surface area contributed by atoms with Crippen LogP contribution < -0.4 is 0 Å². The van der Waals surface area contributed by atoms with Crippen LogP contribution in [0.25, 0.3) is 0 Å². The summed E-state index contributed by atoms with van der Waals surface area (Å²) in [5, 5.41) is 0. The fourth-order valence-electron chi connectivity index (χ4n) is 19.5. The fraction of sp³-hybridized carbons (Fsp3) is 1.00. The number of rotatable bonds is 0. The number of ether oxygens (including phenoxy) is 6. The van der Waals surface area contributed by atoms with Gasteiger partial charge in [-0.2, -0.15) is 0 Å². The van der Waals surface area contributed by atoms with Crippen molar-refractivity contribution in [1.82, 2.24) is 9.80 Å². The van der Waals surface area contributed by atoms with E-state index in [1.807, 2.05) is 0 Å². The van der Waals surface area contributed by atoms with E-state index in [4.69, 9.17) is 28.4 Å². The van der Waals surface area contributed by atoms with Gasteiger partial charge in [-0.15, -0.1) is 0 Å². The van der Waals surface area contributed by atoms with E-state index < -0.39 is 0 Å². The van der Waals surface area contributed by atoms with E-state index >= 15 is 0 Å². The fourth-order valence-corrected chi connectivity index (χ4v) is 29.5. The highest BCUT2D eigenvalue weighted by Crippen LogP contribution is 2.77. The van der Waals surface area contributed by atoms with Gasteiger partial charge in [-0.1, -0.05) is 41.5 Å². The van der Waals surface area contributed by atoms with Gasteiger partial charge < -0.3 is 28.4 Å². The minimum atomic E-state index is -0.206. The normalized spacial score (nSPS) is 67.1. The number of morpholine rings is 2. The maximum Gasteiger partial charge on any atom is 0.0743 e. The van der Waals surface area contributed by atoms with Crippen molar-refractivity contribution < 1.29 is 28.4 Å². The first-order chi connectivity index (χ1) is 27.8. The summed E-state index contributed by atoms with van der Waals surface area (Å²) in [6.45, 7) is 0. The maximum atomic E-state index is 7.82. The molecule has 10 heteroatoms. The lowest BCUT2D eigenvalue weighted by Crippen LogP contribution is -2.84. The summed E-state index contributed by atoms with van der Waals surface area (Å²) >= 11 is 0. The van der Waals surface area contributed by atoms with E-state index in [0.717, 1.165) is 11.3 Å². The van der Waals surface area contributed by atoms with Crippen molar-refractivity contribution in [2.75, 3.05) is 0 Å². The lowest BCUT2D eigenvalue weighted by atomic mass is 9.60. The molecule has 0 amide bonds. The van der Waals surface area contributed by atoms with Gasteiger partial charge in [0.2, 0.25) is 0 Å². The van der Waals surface area contributed by atoms with Crippen molar-refractivity contribution >= 4 is 15.8 Å². The van der Waals surface area contributed by atoms with Crippen LogP contribution in [0, 0.1) is 11.8 Å². The summed E-state index contributed by atoms with van der Waals surface area (Å²) in [7, 11) is -0.412. The van der Waals surface area contributed by atoms with E-state index in [1.54, 1.807) is 0 Å². The summed E-state index contributed by atoms with van der Waals surface area (Å²) in [5.41, 5.74) is 4.16. The van der Waals surface area contributed by atoms with Crippen LogP contribution in [0.1, 0.15) is 128 Å². The molecule has 0 aromatic carbocycles. The first-order valence-electron chi connectivity index (χ1n) is 24.8. The third kappa shape index (κ3) is 4.22. The zero-order valence-electron chi connectivity index (χ0n) is 33.4. The van der Waals surface area contributed by atoms with E-state index in [0.29, 0.717) is 144 Å². The highest BCUT2D eigenvalue weighted by molar-refractivity contribution is 7.61. The molecule has 8 heterocycles. The van der Waals surface area contributed by atoms with Crippen LogP contribution in [0.2, 0.25) is 0 Å². The molecule has 8 saturated carbocycles. The molecule has 8 aliphatic carbocycles. The van der Waals surface area contributed by atoms with Gasteiger partial charge in [0.05, 0.1) is 73.2 Å². The second kappa shape index (κ2) is 12.2. The molecule has 56 heavy (non-hydrogen) atoms. The predicted molar refractivity (Wildman–Crippen MR) is 214 cm³/mol. The van der Waals surface area contributed by atoms with E-state index in [2.05, 4.69) is 9.80 Å². The molecule has 306 valence electrons. The third-order valence-corrected chi connectivity index (χ3v) is 28.7. The molecule has 28 atom stereocenters. The lowest BCUT2D eigenvalue weighted by Gasteiger charge is -2.77. The highest BCUT2D eigenvalue weighted by atomic mass is 31.1. The average molecular weight is 805 g/mol. The number of fused-ring (bicyclic) bond motifs is 9. The van der Waals surface area contributed by atoms with E-state index in [1.165, 1.54) is 128 Å². The van der Waals surface area contributed by atoms with E-state index in [9.17, 15) is 0 Å². The molecule has 8 nitrogen and oxygen atoms in total. The van der Waals surface area contributed by atoms with Crippen molar-refractivity contribution in [2.45, 2.75) is 272 Å². The zero-order chi connectivity index (χ0) is 35.7. The van der Waals surface area contributed by atoms with Gasteiger partial charge in [0, 0.05) is 70.2 Å². The van der Waals surface area contributed by atoms with Gasteiger partial charge in [0.25, 0.3) is 0 Å². The molecule has 0 radical (unpaired) electrons. The van der Waals surface area contributed by atoms with Crippen LogP contribution in [-0.2, 0) is 28.4 Å². The zero-order valence-corrected chi connectivity index (χ0v) is 35.2. The Bertz CT molecular complexity index is 1530. The molecule has 28 unspecified atom stereocenters. The molecule has 16 aliphatic rings.